The van der Waals surface area contributed by atoms with Gasteiger partial charge in [-0.1, -0.05) is 0 Å². The second-order valence-corrected chi connectivity index (χ2v) is 20.5. The lowest BCUT2D eigenvalue weighted by Gasteiger charge is -2.31. The Balaban J connectivity index is 0.843. The molecule has 0 bridgehead atoms. The maximum Gasteiger partial charge on any atom is 0.229 e. The van der Waals surface area contributed by atoms with E-state index in [-0.39, 0.29) is 25.3 Å². The number of hydrogen-bond donors (Lipinski definition) is 8. The number of aromatic nitrogens is 12. The minimum atomic E-state index is -1.11. The van der Waals surface area contributed by atoms with Gasteiger partial charge in [0.15, 0.2) is 34.0 Å². The van der Waals surface area contributed by atoms with Crippen LogP contribution in [-0.2, 0) is 13.2 Å². The molecule has 70 heavy (non-hydrogen) atoms. The van der Waals surface area contributed by atoms with Crippen LogP contribution in [0.2, 0.25) is 0 Å². The molecule has 6 aromatic heterocycles. The number of aliphatic hydroxyl groups is 6. The zero-order chi connectivity index (χ0) is 48.5. The van der Waals surface area contributed by atoms with Crippen LogP contribution >= 0.6 is 0 Å². The van der Waals surface area contributed by atoms with Gasteiger partial charge in [-0.05, 0) is 91.7 Å². The van der Waals surface area contributed by atoms with Crippen LogP contribution in [0.3, 0.4) is 0 Å². The van der Waals surface area contributed by atoms with Gasteiger partial charge in [0.2, 0.25) is 11.9 Å². The minimum Gasteiger partial charge on any atom is -0.390 e. The Kier molecular flexibility index (Phi) is 12.6. The van der Waals surface area contributed by atoms with Crippen molar-refractivity contribution in [1.82, 2.24) is 68.4 Å². The van der Waals surface area contributed by atoms with Crippen LogP contribution < -0.4 is 20.4 Å². The second kappa shape index (κ2) is 18.9. The Hall–Kier alpha value is -5.60. The first-order valence-electron chi connectivity index (χ1n) is 24.7. The summed E-state index contributed by atoms with van der Waals surface area (Å²) in [7, 11) is 8.36. The molecule has 0 radical (unpaired) electrons. The molecule has 2 saturated heterocycles. The van der Waals surface area contributed by atoms with Crippen molar-refractivity contribution in [3.05, 3.63) is 48.6 Å². The summed E-state index contributed by atoms with van der Waals surface area (Å²) in [6.45, 7) is 2.70. The van der Waals surface area contributed by atoms with E-state index in [1.165, 1.54) is 0 Å². The highest BCUT2D eigenvalue weighted by Gasteiger charge is 2.46. The fraction of sp³-hybridized carbons (Fsp3) is 0.652. The second-order valence-electron chi connectivity index (χ2n) is 20.5. The topological polar surface area (TPSA) is 281 Å². The Bertz CT molecular complexity index is 2600. The monoisotopic (exact) mass is 967 g/mol. The first kappa shape index (κ1) is 46.8. The summed E-state index contributed by atoms with van der Waals surface area (Å²) in [5.74, 6) is 2.44. The molecule has 2 aliphatic heterocycles. The smallest absolute Gasteiger partial charge is 0.229 e. The van der Waals surface area contributed by atoms with Gasteiger partial charge in [-0.2, -0.15) is 30.1 Å². The van der Waals surface area contributed by atoms with Gasteiger partial charge < -0.3 is 70.0 Å². The molecule has 3 aliphatic carbocycles. The third-order valence-corrected chi connectivity index (χ3v) is 15.9. The van der Waals surface area contributed by atoms with Crippen molar-refractivity contribution in [3.63, 3.8) is 0 Å². The average Bonchev–Trinajstić information content (AvgIpc) is 4.22. The summed E-state index contributed by atoms with van der Waals surface area (Å²) in [5, 5.41) is 81.2. The molecule has 0 spiro atoms. The van der Waals surface area contributed by atoms with Gasteiger partial charge >= 0.3 is 0 Å². The molecular weight excluding hydrogens is 901 g/mol. The fourth-order valence-corrected chi connectivity index (χ4v) is 11.6. The lowest BCUT2D eigenvalue weighted by Crippen LogP contribution is -2.34. The first-order valence-corrected chi connectivity index (χ1v) is 24.7. The number of nitrogens with one attached hydrogen (secondary N) is 2. The van der Waals surface area contributed by atoms with Crippen molar-refractivity contribution in [3.8, 4) is 0 Å². The number of nitrogens with zero attached hydrogens (tertiary/aromatic N) is 16. The van der Waals surface area contributed by atoms with E-state index < -0.39 is 48.6 Å². The Morgan fingerprint density at radius 2 is 0.957 bits per heavy atom. The maximum absolute atomic E-state index is 11.5. The number of likely N-dealkylation sites (N-methyl/N-ethyl adjacent to an activating group) is 2. The Morgan fingerprint density at radius 3 is 1.31 bits per heavy atom. The number of aliphatic hydroxyl groups excluding tert-OH is 6. The van der Waals surface area contributed by atoms with Gasteiger partial charge in [-0.3, -0.25) is 9.36 Å². The summed E-state index contributed by atoms with van der Waals surface area (Å²) in [6, 6.07) is 2.18. The SMILES string of the molecule is CN(C)[C@@H]1CCN(c2nc(N[C@H]3CC[C@H](Nc4nc(N5CC[C@@H](N(C)C)C5)nc5c4ncn5[C@@H]4C[C@H](n5ccc(CO)n5)[C@@H](O)[C@H]4O)CC3)c3ncn([C@@H]4C[C@H](n5ccc(CO)n5)[C@@H](O)[C@H]4O)c3n2)C1. The first-order chi connectivity index (χ1) is 33.8. The lowest BCUT2D eigenvalue weighted by molar-refractivity contribution is 0.00711. The molecular formula is C46H66N18O6. The minimum absolute atomic E-state index is 0.0743. The van der Waals surface area contributed by atoms with E-state index in [1.54, 1.807) is 46.5 Å². The van der Waals surface area contributed by atoms with Crippen molar-refractivity contribution >= 4 is 45.9 Å². The molecule has 11 rings (SSSR count). The molecule has 5 fully saturated rings. The molecule has 0 unspecified atom stereocenters. The van der Waals surface area contributed by atoms with Crippen LogP contribution in [0.1, 0.15) is 86.9 Å². The van der Waals surface area contributed by atoms with Crippen LogP contribution in [0, 0.1) is 0 Å². The Labute approximate surface area is 404 Å². The largest absolute Gasteiger partial charge is 0.390 e. The van der Waals surface area contributed by atoms with Crippen LogP contribution in [0.25, 0.3) is 22.3 Å². The fourth-order valence-electron chi connectivity index (χ4n) is 11.6. The van der Waals surface area contributed by atoms with Crippen molar-refractivity contribution in [2.24, 2.45) is 0 Å². The van der Waals surface area contributed by atoms with E-state index >= 15 is 0 Å². The van der Waals surface area contributed by atoms with Crippen LogP contribution in [0.15, 0.2) is 37.2 Å². The Morgan fingerprint density at radius 1 is 0.557 bits per heavy atom. The summed E-state index contributed by atoms with van der Waals surface area (Å²) >= 11 is 0. The summed E-state index contributed by atoms with van der Waals surface area (Å²) in [4.78, 5) is 39.1. The van der Waals surface area contributed by atoms with E-state index in [0.717, 1.165) is 64.7 Å². The highest BCUT2D eigenvalue weighted by molar-refractivity contribution is 5.86. The van der Waals surface area contributed by atoms with Crippen molar-refractivity contribution in [2.45, 2.75) is 137 Å². The summed E-state index contributed by atoms with van der Waals surface area (Å²) in [5.41, 5.74) is 3.32. The quantitative estimate of drug-likeness (QED) is 0.0728. The summed E-state index contributed by atoms with van der Waals surface area (Å²) in [6.07, 6.45) is 8.43. The van der Waals surface area contributed by atoms with Gasteiger partial charge in [-0.15, -0.1) is 0 Å². The number of imidazole rings is 2. The van der Waals surface area contributed by atoms with Crippen molar-refractivity contribution in [1.29, 1.82) is 0 Å². The number of hydrogen-bond acceptors (Lipinski definition) is 20. The molecule has 24 nitrogen and oxygen atoms in total. The average molecular weight is 967 g/mol. The number of fused-ring (bicyclic) bond motifs is 2. The molecule has 376 valence electrons. The third kappa shape index (κ3) is 8.50. The molecule has 8 heterocycles. The standard InChI is InChI=1S/C46H66N18O6/c1-57(2)29-11-13-59(19-29)45-51-41(35-43(53-45)61(23-47-35)31-17-33(39(69)37(31)67)63-15-9-27(21-65)55-63)49-25-5-7-26(8-6-25)50-42-36-44(54-46(52-42)60-14-12-30(20-60)58(3)4)62(24-48-36)32-18-34(40(70)38(32)68)64-16-10-28(22-66)56-64/h9-10,15-16,23-26,29-34,37-40,65-70H,5-8,11-14,17-22H2,1-4H3,(H,49,51,53)(H,50,52,54)/t25-,26-,29-,30-,31-,32-,33+,34+,37+,38+,39-,40-/m1/s1. The number of anilines is 4. The van der Waals surface area contributed by atoms with Gasteiger partial charge in [-0.25, -0.2) is 9.97 Å². The maximum atomic E-state index is 11.5. The normalized spacial score (nSPS) is 30.6. The predicted octanol–water partition coefficient (Wildman–Crippen LogP) is 0.275. The lowest BCUT2D eigenvalue weighted by atomic mass is 9.91. The predicted molar refractivity (Wildman–Crippen MR) is 258 cm³/mol. The molecule has 3 saturated carbocycles. The van der Waals surface area contributed by atoms with Gasteiger partial charge in [0.05, 0.1) is 61.4 Å². The van der Waals surface area contributed by atoms with Crippen LogP contribution in [0.4, 0.5) is 23.5 Å². The van der Waals surface area contributed by atoms with E-state index in [4.69, 9.17) is 29.9 Å². The molecule has 6 aromatic rings. The molecule has 8 N–H and O–H groups in total. The molecule has 0 aromatic carbocycles. The highest BCUT2D eigenvalue weighted by atomic mass is 16.3. The van der Waals surface area contributed by atoms with Gasteiger partial charge in [0, 0.05) is 62.7 Å². The summed E-state index contributed by atoms with van der Waals surface area (Å²) < 4.78 is 6.99. The molecule has 24 heteroatoms. The van der Waals surface area contributed by atoms with Gasteiger partial charge in [0.1, 0.15) is 24.4 Å². The van der Waals surface area contributed by atoms with Crippen LogP contribution in [0.5, 0.6) is 0 Å². The number of rotatable bonds is 14. The van der Waals surface area contributed by atoms with Crippen LogP contribution in [-0.4, -0.2) is 202 Å². The molecule has 10 atom stereocenters. The zero-order valence-electron chi connectivity index (χ0n) is 40.1. The van der Waals surface area contributed by atoms with Crippen molar-refractivity contribution in [2.75, 3.05) is 74.8 Å². The molecule has 5 aliphatic rings. The van der Waals surface area contributed by atoms with E-state index in [9.17, 15) is 30.6 Å². The zero-order valence-corrected chi connectivity index (χ0v) is 40.1. The molecule has 0 amide bonds. The highest BCUT2D eigenvalue weighted by Crippen LogP contribution is 2.42. The van der Waals surface area contributed by atoms with E-state index in [0.29, 0.717) is 82.2 Å². The van der Waals surface area contributed by atoms with Gasteiger partial charge in [0.25, 0.3) is 0 Å². The third-order valence-electron chi connectivity index (χ3n) is 15.9. The van der Waals surface area contributed by atoms with E-state index in [2.05, 4.69) is 68.6 Å². The van der Waals surface area contributed by atoms with Crippen molar-refractivity contribution < 1.29 is 30.6 Å². The van der Waals surface area contributed by atoms with E-state index in [1.807, 2.05) is 9.13 Å².